The minimum absolute atomic E-state index is 0.0784. The molecule has 1 aromatic carbocycles. The molecule has 2 saturated heterocycles. The summed E-state index contributed by atoms with van der Waals surface area (Å²) in [5, 5.41) is 0.923. The number of hydrogen-bond donors (Lipinski definition) is 0. The monoisotopic (exact) mass is 484 g/mol. The number of allylic oxidation sites excluding steroid dienone is 1. The van der Waals surface area contributed by atoms with Gasteiger partial charge >= 0.3 is 0 Å². The van der Waals surface area contributed by atoms with Crippen LogP contribution in [-0.2, 0) is 11.2 Å². The number of furan rings is 1. The summed E-state index contributed by atoms with van der Waals surface area (Å²) in [4.78, 5) is 37.7. The zero-order chi connectivity index (χ0) is 24.5. The summed E-state index contributed by atoms with van der Waals surface area (Å²) in [6.07, 6.45) is 8.69. The molecule has 1 aliphatic carbocycles. The molecule has 7 nitrogen and oxygen atoms in total. The lowest BCUT2D eigenvalue weighted by Gasteiger charge is -2.36. The van der Waals surface area contributed by atoms with E-state index in [0.717, 1.165) is 97.3 Å². The van der Waals surface area contributed by atoms with Crippen LogP contribution in [0, 0.1) is 0 Å². The molecule has 36 heavy (non-hydrogen) atoms. The van der Waals surface area contributed by atoms with Gasteiger partial charge in [-0.15, -0.1) is 0 Å². The molecule has 3 aliphatic rings. The number of likely N-dealkylation sites (tertiary alicyclic amines) is 1. The van der Waals surface area contributed by atoms with E-state index in [1.54, 1.807) is 6.26 Å². The SMILES string of the molecule is O=C(CN1CCN(C(=O)c2c3c(nc4ccccc24)C(=Cc2ccco2)CCC3)CC1)N1CCCC1. The fraction of sp³-hybridized carbons (Fsp3) is 0.414. The molecule has 2 aromatic heterocycles. The predicted molar refractivity (Wildman–Crippen MR) is 139 cm³/mol. The van der Waals surface area contributed by atoms with Crippen molar-refractivity contribution < 1.29 is 14.0 Å². The first-order valence-corrected chi connectivity index (χ1v) is 13.1. The van der Waals surface area contributed by atoms with Crippen molar-refractivity contribution in [3.63, 3.8) is 0 Å². The van der Waals surface area contributed by atoms with Crippen LogP contribution in [0.15, 0.2) is 47.1 Å². The maximum absolute atomic E-state index is 14.0. The van der Waals surface area contributed by atoms with Gasteiger partial charge < -0.3 is 14.2 Å². The zero-order valence-electron chi connectivity index (χ0n) is 20.6. The van der Waals surface area contributed by atoms with E-state index in [1.807, 2.05) is 46.2 Å². The second-order valence-corrected chi connectivity index (χ2v) is 10.0. The van der Waals surface area contributed by atoms with Crippen molar-refractivity contribution in [2.75, 3.05) is 45.8 Å². The maximum Gasteiger partial charge on any atom is 0.254 e. The van der Waals surface area contributed by atoms with Gasteiger partial charge in [0.15, 0.2) is 0 Å². The Morgan fingerprint density at radius 3 is 2.47 bits per heavy atom. The molecule has 4 heterocycles. The van der Waals surface area contributed by atoms with Gasteiger partial charge in [-0.1, -0.05) is 18.2 Å². The molecule has 6 rings (SSSR count). The topological polar surface area (TPSA) is 69.9 Å². The largest absolute Gasteiger partial charge is 0.465 e. The first-order chi connectivity index (χ1) is 17.7. The number of benzene rings is 1. The summed E-state index contributed by atoms with van der Waals surface area (Å²) < 4.78 is 5.57. The summed E-state index contributed by atoms with van der Waals surface area (Å²) >= 11 is 0. The van der Waals surface area contributed by atoms with Crippen LogP contribution in [0.5, 0.6) is 0 Å². The molecule has 3 aromatic rings. The van der Waals surface area contributed by atoms with Crippen LogP contribution in [0.4, 0.5) is 0 Å². The molecule has 0 atom stereocenters. The lowest BCUT2D eigenvalue weighted by atomic mass is 9.85. The highest BCUT2D eigenvalue weighted by molar-refractivity contribution is 6.09. The number of nitrogens with zero attached hydrogens (tertiary/aromatic N) is 4. The highest BCUT2D eigenvalue weighted by Crippen LogP contribution is 2.36. The maximum atomic E-state index is 14.0. The second kappa shape index (κ2) is 9.90. The van der Waals surface area contributed by atoms with Crippen LogP contribution in [-0.4, -0.2) is 77.3 Å². The van der Waals surface area contributed by atoms with Gasteiger partial charge in [-0.2, -0.15) is 0 Å². The number of carbonyl (C=O) groups excluding carboxylic acids is 2. The average Bonchev–Trinajstić information content (AvgIpc) is 3.63. The molecular formula is C29H32N4O3. The standard InChI is InChI=1S/C29H32N4O3/c34-26(32-12-3-4-13-32)20-31-14-16-33(17-15-31)29(35)27-23-9-1-2-11-25(23)30-28-21(7-5-10-24(27)28)19-22-8-6-18-36-22/h1-2,6,8-9,11,18-19H,3-5,7,10,12-17,20H2. The Labute approximate surface area is 211 Å². The first kappa shape index (κ1) is 23.0. The fourth-order valence-electron chi connectivity index (χ4n) is 5.79. The molecule has 0 saturated carbocycles. The van der Waals surface area contributed by atoms with Crippen LogP contribution in [0.2, 0.25) is 0 Å². The van der Waals surface area contributed by atoms with Gasteiger partial charge in [0.1, 0.15) is 5.76 Å². The van der Waals surface area contributed by atoms with E-state index in [2.05, 4.69) is 11.0 Å². The minimum Gasteiger partial charge on any atom is -0.465 e. The molecular weight excluding hydrogens is 452 g/mol. The molecule has 2 amide bonds. The van der Waals surface area contributed by atoms with Gasteiger partial charge in [0.05, 0.1) is 29.6 Å². The van der Waals surface area contributed by atoms with Gasteiger partial charge in [0.25, 0.3) is 5.91 Å². The molecule has 2 aliphatic heterocycles. The van der Waals surface area contributed by atoms with Crippen LogP contribution >= 0.6 is 0 Å². The zero-order valence-corrected chi connectivity index (χ0v) is 20.6. The van der Waals surface area contributed by atoms with E-state index in [9.17, 15) is 9.59 Å². The van der Waals surface area contributed by atoms with E-state index in [1.165, 1.54) is 0 Å². The predicted octanol–water partition coefficient (Wildman–Crippen LogP) is 4.08. The number of piperazine rings is 1. The number of rotatable bonds is 4. The van der Waals surface area contributed by atoms with Crippen molar-refractivity contribution in [2.24, 2.45) is 0 Å². The van der Waals surface area contributed by atoms with Crippen molar-refractivity contribution in [1.82, 2.24) is 19.7 Å². The number of hydrogen-bond acceptors (Lipinski definition) is 5. The van der Waals surface area contributed by atoms with E-state index in [0.29, 0.717) is 19.6 Å². The number of fused-ring (bicyclic) bond motifs is 2. The highest BCUT2D eigenvalue weighted by atomic mass is 16.3. The van der Waals surface area contributed by atoms with Gasteiger partial charge in [0.2, 0.25) is 5.91 Å². The van der Waals surface area contributed by atoms with Crippen molar-refractivity contribution in [3.8, 4) is 0 Å². The molecule has 0 radical (unpaired) electrons. The Morgan fingerprint density at radius 1 is 0.889 bits per heavy atom. The van der Waals surface area contributed by atoms with E-state index in [4.69, 9.17) is 9.40 Å². The Balaban J connectivity index is 1.27. The Hall–Kier alpha value is -3.45. The Morgan fingerprint density at radius 2 is 1.69 bits per heavy atom. The van der Waals surface area contributed by atoms with Crippen LogP contribution < -0.4 is 0 Å². The number of pyridine rings is 1. The smallest absolute Gasteiger partial charge is 0.254 e. The molecule has 0 unspecified atom stereocenters. The summed E-state index contributed by atoms with van der Waals surface area (Å²) in [6.45, 7) is 4.93. The number of para-hydroxylation sites is 1. The van der Waals surface area contributed by atoms with E-state index < -0.39 is 0 Å². The Bertz CT molecular complexity index is 1300. The normalized spacial score (nSPS) is 19.7. The second-order valence-electron chi connectivity index (χ2n) is 10.0. The van der Waals surface area contributed by atoms with Crippen molar-refractivity contribution in [1.29, 1.82) is 0 Å². The molecule has 186 valence electrons. The Kier molecular flexibility index (Phi) is 6.32. The van der Waals surface area contributed by atoms with Gasteiger partial charge in [-0.25, -0.2) is 4.98 Å². The van der Waals surface area contributed by atoms with E-state index >= 15 is 0 Å². The van der Waals surface area contributed by atoms with Crippen molar-refractivity contribution >= 4 is 34.4 Å². The lowest BCUT2D eigenvalue weighted by Crippen LogP contribution is -2.51. The lowest BCUT2D eigenvalue weighted by molar-refractivity contribution is -0.131. The number of carbonyl (C=O) groups is 2. The summed E-state index contributed by atoms with van der Waals surface area (Å²) in [7, 11) is 0. The molecule has 0 bridgehead atoms. The van der Waals surface area contributed by atoms with Gasteiger partial charge in [0, 0.05) is 44.7 Å². The van der Waals surface area contributed by atoms with E-state index in [-0.39, 0.29) is 11.8 Å². The third-order valence-electron chi connectivity index (χ3n) is 7.72. The van der Waals surface area contributed by atoms with Crippen molar-refractivity contribution in [3.05, 3.63) is 65.2 Å². The molecule has 0 N–H and O–H groups in total. The van der Waals surface area contributed by atoms with Crippen LogP contribution in [0.3, 0.4) is 0 Å². The third-order valence-corrected chi connectivity index (χ3v) is 7.72. The highest BCUT2D eigenvalue weighted by Gasteiger charge is 2.30. The number of aromatic nitrogens is 1. The first-order valence-electron chi connectivity index (χ1n) is 13.1. The third kappa shape index (κ3) is 4.44. The summed E-state index contributed by atoms with van der Waals surface area (Å²) in [5.74, 6) is 1.10. The number of amides is 2. The molecule has 0 spiro atoms. The minimum atomic E-state index is 0.0784. The van der Waals surface area contributed by atoms with Gasteiger partial charge in [-0.3, -0.25) is 14.5 Å². The summed E-state index contributed by atoms with van der Waals surface area (Å²) in [6, 6.07) is 11.8. The van der Waals surface area contributed by atoms with Crippen LogP contribution in [0.1, 0.15) is 53.1 Å². The molecule has 2 fully saturated rings. The average molecular weight is 485 g/mol. The summed E-state index contributed by atoms with van der Waals surface area (Å²) in [5.41, 5.74) is 4.74. The van der Waals surface area contributed by atoms with Crippen LogP contribution in [0.25, 0.3) is 22.6 Å². The molecule has 7 heteroatoms. The quantitative estimate of drug-likeness (QED) is 0.558. The fourth-order valence-corrected chi connectivity index (χ4v) is 5.79. The van der Waals surface area contributed by atoms with Gasteiger partial charge in [-0.05, 0) is 67.5 Å². The van der Waals surface area contributed by atoms with Crippen molar-refractivity contribution in [2.45, 2.75) is 32.1 Å².